The lowest BCUT2D eigenvalue weighted by molar-refractivity contribution is 0.0956. The van der Waals surface area contributed by atoms with Crippen molar-refractivity contribution < 1.29 is 4.79 Å². The molecule has 1 fully saturated rings. The van der Waals surface area contributed by atoms with Gasteiger partial charge >= 0.3 is 0 Å². The number of benzene rings is 2. The van der Waals surface area contributed by atoms with E-state index in [0.717, 1.165) is 45.2 Å². The number of rotatable bonds is 4. The highest BCUT2D eigenvalue weighted by atomic mass is 79.9. The number of nitrogens with zero attached hydrogens (tertiary/aromatic N) is 2. The average molecular weight is 408 g/mol. The Hall–Kier alpha value is -2.53. The van der Waals surface area contributed by atoms with Gasteiger partial charge in [0.25, 0.3) is 5.91 Å². The van der Waals surface area contributed by atoms with E-state index in [1.807, 2.05) is 61.5 Å². The lowest BCUT2D eigenvalue weighted by Crippen LogP contribution is -2.20. The van der Waals surface area contributed by atoms with Crippen molar-refractivity contribution >= 4 is 38.5 Å². The minimum Gasteiger partial charge on any atom is -0.267 e. The molecule has 0 unspecified atom stereocenters. The Kier molecular flexibility index (Phi) is 4.55. The van der Waals surface area contributed by atoms with Crippen LogP contribution in [0.15, 0.2) is 64.2 Å². The lowest BCUT2D eigenvalue weighted by Gasteiger charge is -2.09. The molecule has 1 N–H and O–H groups in total. The summed E-state index contributed by atoms with van der Waals surface area (Å²) in [6.45, 7) is 1.88. The molecule has 0 aliphatic heterocycles. The van der Waals surface area contributed by atoms with Crippen LogP contribution in [0.25, 0.3) is 10.9 Å². The lowest BCUT2D eigenvalue weighted by atomic mass is 10.1. The van der Waals surface area contributed by atoms with Gasteiger partial charge in [0.1, 0.15) is 0 Å². The molecule has 0 saturated heterocycles. The number of carbonyl (C=O) groups excluding carboxylic acids is 1. The largest absolute Gasteiger partial charge is 0.272 e. The van der Waals surface area contributed by atoms with Crippen LogP contribution < -0.4 is 5.43 Å². The second-order valence-electron chi connectivity index (χ2n) is 6.53. The Morgan fingerprint density at radius 3 is 2.65 bits per heavy atom. The molecule has 5 heteroatoms. The van der Waals surface area contributed by atoms with Gasteiger partial charge in [0, 0.05) is 21.5 Å². The maximum atomic E-state index is 12.8. The highest BCUT2D eigenvalue weighted by Crippen LogP contribution is 2.40. The molecular formula is C21H18BrN3O. The zero-order valence-electron chi connectivity index (χ0n) is 14.4. The van der Waals surface area contributed by atoms with Crippen LogP contribution in [0.1, 0.15) is 47.3 Å². The van der Waals surface area contributed by atoms with Crippen molar-refractivity contribution in [1.82, 2.24) is 10.4 Å². The SMILES string of the molecule is C/C(=N\NC(=O)c1cc(C2CC2)nc2ccc(Br)cc12)c1ccccc1. The standard InChI is InChI=1S/C21H18BrN3O/c1-13(14-5-3-2-4-6-14)24-25-21(26)18-12-20(15-7-8-15)23-19-10-9-16(22)11-17(18)19/h2-6,9-12,15H,7-8H2,1H3,(H,25,26)/b24-13+. The van der Waals surface area contributed by atoms with E-state index in [9.17, 15) is 4.79 Å². The van der Waals surface area contributed by atoms with Crippen molar-refractivity contribution in [3.63, 3.8) is 0 Å². The van der Waals surface area contributed by atoms with Gasteiger partial charge in [0.2, 0.25) is 0 Å². The van der Waals surface area contributed by atoms with Gasteiger partial charge in [-0.25, -0.2) is 5.43 Å². The fourth-order valence-electron chi connectivity index (χ4n) is 2.93. The van der Waals surface area contributed by atoms with Crippen molar-refractivity contribution in [2.75, 3.05) is 0 Å². The summed E-state index contributed by atoms with van der Waals surface area (Å²) < 4.78 is 0.920. The second kappa shape index (κ2) is 7.00. The molecule has 0 radical (unpaired) electrons. The quantitative estimate of drug-likeness (QED) is 0.486. The maximum Gasteiger partial charge on any atom is 0.272 e. The summed E-state index contributed by atoms with van der Waals surface area (Å²) in [5.74, 6) is 0.261. The summed E-state index contributed by atoms with van der Waals surface area (Å²) in [7, 11) is 0. The third kappa shape index (κ3) is 3.53. The number of hydrazone groups is 1. The molecule has 3 aromatic rings. The van der Waals surface area contributed by atoms with Crippen LogP contribution in [-0.2, 0) is 0 Å². The Bertz CT molecular complexity index is 1010. The van der Waals surface area contributed by atoms with E-state index >= 15 is 0 Å². The molecule has 1 heterocycles. The van der Waals surface area contributed by atoms with Crippen LogP contribution in [0.4, 0.5) is 0 Å². The van der Waals surface area contributed by atoms with E-state index in [2.05, 4.69) is 26.5 Å². The maximum absolute atomic E-state index is 12.8. The first-order valence-electron chi connectivity index (χ1n) is 8.62. The van der Waals surface area contributed by atoms with Gasteiger partial charge in [0.15, 0.2) is 0 Å². The van der Waals surface area contributed by atoms with Crippen LogP contribution in [0.2, 0.25) is 0 Å². The molecule has 0 spiro atoms. The van der Waals surface area contributed by atoms with Gasteiger partial charge in [-0.05, 0) is 49.6 Å². The zero-order chi connectivity index (χ0) is 18.1. The normalized spacial score (nSPS) is 14.5. The average Bonchev–Trinajstić information content (AvgIpc) is 3.51. The van der Waals surface area contributed by atoms with Crippen molar-refractivity contribution in [3.8, 4) is 0 Å². The van der Waals surface area contributed by atoms with Crippen LogP contribution in [0.5, 0.6) is 0 Å². The molecule has 1 aliphatic carbocycles. The predicted octanol–water partition coefficient (Wildman–Crippen LogP) is 5.03. The van der Waals surface area contributed by atoms with E-state index in [-0.39, 0.29) is 5.91 Å². The van der Waals surface area contributed by atoms with E-state index in [4.69, 9.17) is 4.98 Å². The number of hydrogen-bond donors (Lipinski definition) is 1. The van der Waals surface area contributed by atoms with E-state index < -0.39 is 0 Å². The van der Waals surface area contributed by atoms with Crippen LogP contribution in [0, 0.1) is 0 Å². The smallest absolute Gasteiger partial charge is 0.267 e. The Labute approximate surface area is 160 Å². The summed E-state index contributed by atoms with van der Waals surface area (Å²) in [6.07, 6.45) is 2.28. The van der Waals surface area contributed by atoms with Crippen molar-refractivity contribution in [3.05, 3.63) is 75.9 Å². The van der Waals surface area contributed by atoms with Crippen LogP contribution in [0.3, 0.4) is 0 Å². The second-order valence-corrected chi connectivity index (χ2v) is 7.45. The minimum atomic E-state index is -0.215. The van der Waals surface area contributed by atoms with Crippen molar-refractivity contribution in [2.24, 2.45) is 5.10 Å². The highest BCUT2D eigenvalue weighted by Gasteiger charge is 2.27. The summed E-state index contributed by atoms with van der Waals surface area (Å²) in [6, 6.07) is 17.5. The summed E-state index contributed by atoms with van der Waals surface area (Å²) in [5.41, 5.74) is 6.89. The minimum absolute atomic E-state index is 0.215. The van der Waals surface area contributed by atoms with E-state index in [1.54, 1.807) is 0 Å². The molecule has 1 saturated carbocycles. The molecule has 4 rings (SSSR count). The molecular weight excluding hydrogens is 390 g/mol. The molecule has 4 nitrogen and oxygen atoms in total. The molecule has 130 valence electrons. The summed E-state index contributed by atoms with van der Waals surface area (Å²) in [5, 5.41) is 5.10. The monoisotopic (exact) mass is 407 g/mol. The van der Waals surface area contributed by atoms with Crippen LogP contribution in [-0.4, -0.2) is 16.6 Å². The van der Waals surface area contributed by atoms with Gasteiger partial charge in [0.05, 0.1) is 16.8 Å². The van der Waals surface area contributed by atoms with Crippen molar-refractivity contribution in [2.45, 2.75) is 25.7 Å². The van der Waals surface area contributed by atoms with Crippen molar-refractivity contribution in [1.29, 1.82) is 0 Å². The van der Waals surface area contributed by atoms with Gasteiger partial charge in [-0.2, -0.15) is 5.10 Å². The number of hydrogen-bond acceptors (Lipinski definition) is 3. The first kappa shape index (κ1) is 16.9. The molecule has 1 amide bonds. The number of nitrogens with one attached hydrogen (secondary N) is 1. The number of amides is 1. The third-order valence-electron chi connectivity index (χ3n) is 4.55. The number of halogens is 1. The van der Waals surface area contributed by atoms with Crippen LogP contribution >= 0.6 is 15.9 Å². The Morgan fingerprint density at radius 1 is 1.15 bits per heavy atom. The molecule has 0 bridgehead atoms. The number of carbonyl (C=O) groups is 1. The summed E-state index contributed by atoms with van der Waals surface area (Å²) in [4.78, 5) is 17.6. The first-order chi connectivity index (χ1) is 12.6. The predicted molar refractivity (Wildman–Crippen MR) is 108 cm³/mol. The van der Waals surface area contributed by atoms with Gasteiger partial charge in [-0.3, -0.25) is 9.78 Å². The summed E-state index contributed by atoms with van der Waals surface area (Å²) >= 11 is 3.48. The zero-order valence-corrected chi connectivity index (χ0v) is 16.0. The van der Waals surface area contributed by atoms with Gasteiger partial charge < -0.3 is 0 Å². The number of aromatic nitrogens is 1. The van der Waals surface area contributed by atoms with Gasteiger partial charge in [-0.15, -0.1) is 0 Å². The molecule has 26 heavy (non-hydrogen) atoms. The highest BCUT2D eigenvalue weighted by molar-refractivity contribution is 9.10. The van der Waals surface area contributed by atoms with E-state index in [1.165, 1.54) is 0 Å². The topological polar surface area (TPSA) is 54.4 Å². The fourth-order valence-corrected chi connectivity index (χ4v) is 3.29. The number of pyridine rings is 1. The van der Waals surface area contributed by atoms with Gasteiger partial charge in [-0.1, -0.05) is 46.3 Å². The fraction of sp³-hybridized carbons (Fsp3) is 0.190. The Balaban J connectivity index is 1.68. The molecule has 0 atom stereocenters. The third-order valence-corrected chi connectivity index (χ3v) is 5.04. The number of fused-ring (bicyclic) bond motifs is 1. The van der Waals surface area contributed by atoms with E-state index in [0.29, 0.717) is 11.5 Å². The molecule has 1 aromatic heterocycles. The molecule has 2 aromatic carbocycles. The molecule has 1 aliphatic rings. The first-order valence-corrected chi connectivity index (χ1v) is 9.41. The Morgan fingerprint density at radius 2 is 1.92 bits per heavy atom.